The summed E-state index contributed by atoms with van der Waals surface area (Å²) >= 11 is 0. The molecule has 1 atom stereocenters. The molecule has 1 aliphatic rings. The molecule has 0 aromatic heterocycles. The highest BCUT2D eigenvalue weighted by Gasteiger charge is 2.11. The molecule has 0 saturated carbocycles. The SMILES string of the molecule is C=CC1=CPC1=O. The third kappa shape index (κ3) is 0.639. The number of carbonyl (C=O) groups is 1. The lowest BCUT2D eigenvalue weighted by molar-refractivity contribution is -0.108. The van der Waals surface area contributed by atoms with Crippen LogP contribution < -0.4 is 0 Å². The van der Waals surface area contributed by atoms with E-state index in [1.807, 2.05) is 5.82 Å². The first-order valence-electron chi connectivity index (χ1n) is 1.98. The number of allylic oxidation sites excluding steroid dienone is 2. The Morgan fingerprint density at radius 3 is 2.57 bits per heavy atom. The zero-order chi connectivity index (χ0) is 5.28. The van der Waals surface area contributed by atoms with Crippen LogP contribution in [0.25, 0.3) is 0 Å². The topological polar surface area (TPSA) is 17.1 Å². The van der Waals surface area contributed by atoms with Crippen molar-refractivity contribution in [1.82, 2.24) is 0 Å². The minimum atomic E-state index is 0.245. The van der Waals surface area contributed by atoms with Crippen LogP contribution in [0.15, 0.2) is 24.0 Å². The lowest BCUT2D eigenvalue weighted by Gasteiger charge is -2.05. The van der Waals surface area contributed by atoms with Crippen molar-refractivity contribution in [2.45, 2.75) is 0 Å². The van der Waals surface area contributed by atoms with Gasteiger partial charge in [0.25, 0.3) is 0 Å². The molecule has 2 heteroatoms. The van der Waals surface area contributed by atoms with E-state index in [0.717, 1.165) is 5.57 Å². The Bertz CT molecular complexity index is 146. The molecule has 0 amide bonds. The summed E-state index contributed by atoms with van der Waals surface area (Å²) in [7, 11) is 0.410. The lowest BCUT2D eigenvalue weighted by atomic mass is 10.3. The van der Waals surface area contributed by atoms with E-state index in [-0.39, 0.29) is 5.52 Å². The molecule has 0 aromatic rings. The van der Waals surface area contributed by atoms with E-state index in [9.17, 15) is 4.79 Å². The Hall–Kier alpha value is -0.420. The number of hydrogen-bond donors (Lipinski definition) is 0. The van der Waals surface area contributed by atoms with Gasteiger partial charge in [0.05, 0.1) is 0 Å². The van der Waals surface area contributed by atoms with Gasteiger partial charge in [0, 0.05) is 5.57 Å². The van der Waals surface area contributed by atoms with Gasteiger partial charge in [0.1, 0.15) is 0 Å². The van der Waals surface area contributed by atoms with Crippen molar-refractivity contribution in [3.8, 4) is 0 Å². The van der Waals surface area contributed by atoms with Crippen LogP contribution in [-0.2, 0) is 4.79 Å². The van der Waals surface area contributed by atoms with Gasteiger partial charge in [0.15, 0.2) is 5.52 Å². The van der Waals surface area contributed by atoms with E-state index >= 15 is 0 Å². The van der Waals surface area contributed by atoms with E-state index in [0.29, 0.717) is 8.58 Å². The molecule has 1 unspecified atom stereocenters. The van der Waals surface area contributed by atoms with Crippen LogP contribution in [0.1, 0.15) is 0 Å². The van der Waals surface area contributed by atoms with Gasteiger partial charge in [-0.25, -0.2) is 0 Å². The highest BCUT2D eigenvalue weighted by molar-refractivity contribution is 7.64. The van der Waals surface area contributed by atoms with Gasteiger partial charge < -0.3 is 0 Å². The molecule has 1 heterocycles. The van der Waals surface area contributed by atoms with Crippen molar-refractivity contribution in [2.75, 3.05) is 0 Å². The Kier molecular flexibility index (Phi) is 1.07. The molecular formula is C5H5OP. The smallest absolute Gasteiger partial charge is 0.185 e. The van der Waals surface area contributed by atoms with E-state index in [1.165, 1.54) is 0 Å². The largest absolute Gasteiger partial charge is 0.289 e. The molecule has 0 aromatic carbocycles. The van der Waals surface area contributed by atoms with Crippen molar-refractivity contribution in [3.05, 3.63) is 24.0 Å². The van der Waals surface area contributed by atoms with Crippen molar-refractivity contribution >= 4 is 14.1 Å². The average Bonchev–Trinajstić information content (AvgIpc) is 1.65. The van der Waals surface area contributed by atoms with Gasteiger partial charge in [0.2, 0.25) is 0 Å². The van der Waals surface area contributed by atoms with Gasteiger partial charge in [-0.3, -0.25) is 4.79 Å². The Morgan fingerprint density at radius 2 is 2.57 bits per heavy atom. The van der Waals surface area contributed by atoms with Crippen LogP contribution in [-0.4, -0.2) is 5.52 Å². The van der Waals surface area contributed by atoms with Crippen molar-refractivity contribution in [3.63, 3.8) is 0 Å². The fourth-order valence-corrected chi connectivity index (χ4v) is 1.01. The third-order valence-corrected chi connectivity index (χ3v) is 1.85. The standard InChI is InChI=1S/C5H5OP/c1-2-4-3-7-5(4)6/h2-3,7H,1H2. The number of hydrogen-bond acceptors (Lipinski definition) is 1. The number of carbonyl (C=O) groups excluding carboxylic acids is 1. The van der Waals surface area contributed by atoms with Crippen molar-refractivity contribution < 1.29 is 4.79 Å². The number of rotatable bonds is 1. The summed E-state index contributed by atoms with van der Waals surface area (Å²) in [6.45, 7) is 3.45. The van der Waals surface area contributed by atoms with Crippen molar-refractivity contribution in [2.24, 2.45) is 0 Å². The normalized spacial score (nSPS) is 21.1. The molecule has 7 heavy (non-hydrogen) atoms. The zero-order valence-corrected chi connectivity index (χ0v) is 4.77. The zero-order valence-electron chi connectivity index (χ0n) is 3.77. The second kappa shape index (κ2) is 1.59. The summed E-state index contributed by atoms with van der Waals surface area (Å²) in [5.41, 5.74) is 1.04. The molecule has 36 valence electrons. The summed E-state index contributed by atoms with van der Waals surface area (Å²) in [6, 6.07) is 0. The molecule has 0 saturated heterocycles. The van der Waals surface area contributed by atoms with Crippen LogP contribution in [0.3, 0.4) is 0 Å². The van der Waals surface area contributed by atoms with E-state index in [4.69, 9.17) is 0 Å². The maximum atomic E-state index is 10.3. The quantitative estimate of drug-likeness (QED) is 0.467. The van der Waals surface area contributed by atoms with Gasteiger partial charge in [-0.1, -0.05) is 12.7 Å². The first kappa shape index (κ1) is 4.73. The molecule has 0 aliphatic carbocycles. The van der Waals surface area contributed by atoms with E-state index < -0.39 is 0 Å². The summed E-state index contributed by atoms with van der Waals surface area (Å²) in [5.74, 6) is 1.90. The van der Waals surface area contributed by atoms with Gasteiger partial charge >= 0.3 is 0 Å². The summed E-state index contributed by atoms with van der Waals surface area (Å²) in [5, 5.41) is 0. The average molecular weight is 112 g/mol. The fourth-order valence-electron chi connectivity index (χ4n) is 0.366. The summed E-state index contributed by atoms with van der Waals surface area (Å²) in [6.07, 6.45) is 1.60. The first-order valence-corrected chi connectivity index (χ1v) is 3.06. The van der Waals surface area contributed by atoms with Gasteiger partial charge in [-0.2, -0.15) is 0 Å². The first-order chi connectivity index (χ1) is 3.34. The minimum absolute atomic E-state index is 0.245. The second-order valence-corrected chi connectivity index (χ2v) is 2.31. The molecule has 0 radical (unpaired) electrons. The summed E-state index contributed by atoms with van der Waals surface area (Å²) < 4.78 is 0. The minimum Gasteiger partial charge on any atom is -0.289 e. The van der Waals surface area contributed by atoms with E-state index in [1.54, 1.807) is 6.08 Å². The Balaban J connectivity index is 2.74. The van der Waals surface area contributed by atoms with E-state index in [2.05, 4.69) is 6.58 Å². The summed E-state index contributed by atoms with van der Waals surface area (Å²) in [4.78, 5) is 10.3. The lowest BCUT2D eigenvalue weighted by Crippen LogP contribution is -1.97. The Labute approximate surface area is 43.9 Å². The highest BCUT2D eigenvalue weighted by atomic mass is 31.1. The van der Waals surface area contributed by atoms with Gasteiger partial charge in [-0.15, -0.1) is 0 Å². The molecule has 1 aliphatic heterocycles. The molecule has 1 rings (SSSR count). The Morgan fingerprint density at radius 1 is 1.86 bits per heavy atom. The van der Waals surface area contributed by atoms with Crippen LogP contribution in [0.5, 0.6) is 0 Å². The molecule has 0 spiro atoms. The molecule has 1 nitrogen and oxygen atoms in total. The molecular weight excluding hydrogens is 107 g/mol. The van der Waals surface area contributed by atoms with Crippen LogP contribution in [0, 0.1) is 0 Å². The fraction of sp³-hybridized carbons (Fsp3) is 0. The molecule has 0 N–H and O–H groups in total. The maximum absolute atomic E-state index is 10.3. The van der Waals surface area contributed by atoms with Crippen molar-refractivity contribution in [1.29, 1.82) is 0 Å². The molecule has 0 bridgehead atoms. The van der Waals surface area contributed by atoms with Crippen LogP contribution >= 0.6 is 8.58 Å². The predicted octanol–water partition coefficient (Wildman–Crippen LogP) is 1.27. The third-order valence-electron chi connectivity index (χ3n) is 0.841. The highest BCUT2D eigenvalue weighted by Crippen LogP contribution is 2.31. The van der Waals surface area contributed by atoms with Gasteiger partial charge in [-0.05, 0) is 14.4 Å². The monoisotopic (exact) mass is 112 g/mol. The second-order valence-electron chi connectivity index (χ2n) is 1.28. The maximum Gasteiger partial charge on any atom is 0.185 e. The predicted molar refractivity (Wildman–Crippen MR) is 31.6 cm³/mol. The van der Waals surface area contributed by atoms with Crippen LogP contribution in [0.4, 0.5) is 0 Å². The van der Waals surface area contributed by atoms with Crippen LogP contribution in [0.2, 0.25) is 0 Å². The molecule has 0 fully saturated rings.